The summed E-state index contributed by atoms with van der Waals surface area (Å²) in [6.07, 6.45) is 4.27. The smallest absolute Gasteiger partial charge is 0.0211 e. The van der Waals surface area contributed by atoms with Crippen LogP contribution in [0.3, 0.4) is 0 Å². The fraction of sp³-hybridized carbons (Fsp3) is 0.667. The quantitative estimate of drug-likeness (QED) is 0.851. The Morgan fingerprint density at radius 3 is 2.58 bits per heavy atom. The summed E-state index contributed by atoms with van der Waals surface area (Å²) < 4.78 is 0. The number of hydrogen-bond donors (Lipinski definition) is 1. The average molecular weight is 257 g/mol. The summed E-state index contributed by atoms with van der Waals surface area (Å²) in [5.41, 5.74) is 3.83. The van der Waals surface area contributed by atoms with Crippen molar-refractivity contribution in [2.75, 3.05) is 0 Å². The van der Waals surface area contributed by atoms with E-state index in [9.17, 15) is 0 Å². The summed E-state index contributed by atoms with van der Waals surface area (Å²) >= 11 is 0. The molecule has 19 heavy (non-hydrogen) atoms. The van der Waals surface area contributed by atoms with Crippen LogP contribution in [0.2, 0.25) is 0 Å². The molecule has 0 amide bonds. The van der Waals surface area contributed by atoms with Crippen LogP contribution in [0, 0.1) is 23.7 Å². The second-order valence-electron chi connectivity index (χ2n) is 7.66. The number of aryl methyl sites for hydroxylation is 1. The normalized spacial score (nSPS) is 35.8. The van der Waals surface area contributed by atoms with Crippen LogP contribution < -0.4 is 5.32 Å². The maximum absolute atomic E-state index is 3.90. The third-order valence-corrected chi connectivity index (χ3v) is 6.03. The second kappa shape index (κ2) is 4.34. The van der Waals surface area contributed by atoms with Gasteiger partial charge in [-0.1, -0.05) is 45.0 Å². The van der Waals surface area contributed by atoms with Crippen LogP contribution in [0.5, 0.6) is 0 Å². The highest BCUT2D eigenvalue weighted by molar-refractivity contribution is 5.25. The van der Waals surface area contributed by atoms with E-state index in [4.69, 9.17) is 0 Å². The predicted molar refractivity (Wildman–Crippen MR) is 81.0 cm³/mol. The minimum absolute atomic E-state index is 0.454. The van der Waals surface area contributed by atoms with Gasteiger partial charge in [-0.25, -0.2) is 0 Å². The van der Waals surface area contributed by atoms with Gasteiger partial charge in [0.1, 0.15) is 0 Å². The Bertz CT molecular complexity index is 472. The van der Waals surface area contributed by atoms with Crippen LogP contribution >= 0.6 is 0 Å². The standard InChI is InChI=1S/C18H27N/c1-13-7-5-6-8-14(13)12-19-16-17(2,3)15-9-10-18(16,4)11-15/h5-8,15-16,19H,9-12H2,1-4H3/t15-,16?,18+/m0/s1. The molecule has 0 aliphatic heterocycles. The highest BCUT2D eigenvalue weighted by Gasteiger charge is 2.58. The maximum Gasteiger partial charge on any atom is 0.0211 e. The van der Waals surface area contributed by atoms with E-state index < -0.39 is 0 Å². The summed E-state index contributed by atoms with van der Waals surface area (Å²) in [7, 11) is 0. The zero-order valence-corrected chi connectivity index (χ0v) is 12.8. The van der Waals surface area contributed by atoms with E-state index >= 15 is 0 Å². The van der Waals surface area contributed by atoms with Crippen LogP contribution in [0.4, 0.5) is 0 Å². The zero-order valence-electron chi connectivity index (χ0n) is 12.8. The molecule has 1 unspecified atom stereocenters. The molecule has 0 saturated heterocycles. The highest BCUT2D eigenvalue weighted by Crippen LogP contribution is 2.62. The Morgan fingerprint density at radius 1 is 1.21 bits per heavy atom. The Kier molecular flexibility index (Phi) is 3.01. The fourth-order valence-electron chi connectivity index (χ4n) is 4.83. The summed E-state index contributed by atoms with van der Waals surface area (Å²) in [5.74, 6) is 0.923. The van der Waals surface area contributed by atoms with E-state index in [1.807, 2.05) is 0 Å². The van der Waals surface area contributed by atoms with Crippen molar-refractivity contribution in [3.63, 3.8) is 0 Å². The molecule has 3 rings (SSSR count). The van der Waals surface area contributed by atoms with Crippen molar-refractivity contribution in [3.8, 4) is 0 Å². The monoisotopic (exact) mass is 257 g/mol. The number of hydrogen-bond acceptors (Lipinski definition) is 1. The fourth-order valence-corrected chi connectivity index (χ4v) is 4.83. The molecule has 2 aliphatic rings. The van der Waals surface area contributed by atoms with Gasteiger partial charge in [0.25, 0.3) is 0 Å². The number of benzene rings is 1. The van der Waals surface area contributed by atoms with Gasteiger partial charge in [0.15, 0.2) is 0 Å². The van der Waals surface area contributed by atoms with E-state index in [1.165, 1.54) is 30.4 Å². The van der Waals surface area contributed by atoms with Gasteiger partial charge in [-0.15, -0.1) is 0 Å². The van der Waals surface area contributed by atoms with Gasteiger partial charge in [0.2, 0.25) is 0 Å². The van der Waals surface area contributed by atoms with Gasteiger partial charge in [-0.05, 0) is 54.1 Å². The average Bonchev–Trinajstić information content (AvgIpc) is 2.82. The number of rotatable bonds is 3. The third kappa shape index (κ3) is 2.03. The molecule has 0 radical (unpaired) electrons. The molecule has 1 aromatic rings. The topological polar surface area (TPSA) is 12.0 Å². The molecule has 2 fully saturated rings. The maximum atomic E-state index is 3.90. The summed E-state index contributed by atoms with van der Waals surface area (Å²) in [4.78, 5) is 0. The van der Waals surface area contributed by atoms with E-state index in [2.05, 4.69) is 57.3 Å². The Balaban J connectivity index is 1.75. The molecule has 0 aromatic heterocycles. The van der Waals surface area contributed by atoms with Gasteiger partial charge in [-0.3, -0.25) is 0 Å². The van der Waals surface area contributed by atoms with Gasteiger partial charge in [-0.2, -0.15) is 0 Å². The van der Waals surface area contributed by atoms with Crippen molar-refractivity contribution in [2.45, 2.75) is 59.5 Å². The Labute approximate surface area is 117 Å². The molecule has 1 heteroatoms. The zero-order chi connectivity index (χ0) is 13.7. The predicted octanol–water partition coefficient (Wildman–Crippen LogP) is 4.30. The second-order valence-corrected chi connectivity index (χ2v) is 7.66. The van der Waals surface area contributed by atoms with Crippen molar-refractivity contribution in [1.82, 2.24) is 5.32 Å². The molecule has 1 N–H and O–H groups in total. The third-order valence-electron chi connectivity index (χ3n) is 6.03. The van der Waals surface area contributed by atoms with E-state index in [0.29, 0.717) is 16.9 Å². The van der Waals surface area contributed by atoms with Crippen molar-refractivity contribution in [1.29, 1.82) is 0 Å². The first-order valence-electron chi connectivity index (χ1n) is 7.71. The summed E-state index contributed by atoms with van der Waals surface area (Å²) in [6, 6.07) is 9.41. The molecule has 1 aromatic carbocycles. The van der Waals surface area contributed by atoms with Gasteiger partial charge < -0.3 is 5.32 Å². The molecule has 104 valence electrons. The Morgan fingerprint density at radius 2 is 1.95 bits per heavy atom. The van der Waals surface area contributed by atoms with Crippen LogP contribution in [-0.4, -0.2) is 6.04 Å². The molecule has 2 bridgehead atoms. The lowest BCUT2D eigenvalue weighted by atomic mass is 9.68. The van der Waals surface area contributed by atoms with E-state index in [1.54, 1.807) is 0 Å². The first-order chi connectivity index (χ1) is 8.93. The van der Waals surface area contributed by atoms with Crippen molar-refractivity contribution >= 4 is 0 Å². The first kappa shape index (κ1) is 13.2. The molecule has 2 aliphatic carbocycles. The van der Waals surface area contributed by atoms with Gasteiger partial charge >= 0.3 is 0 Å². The SMILES string of the molecule is Cc1ccccc1CNC1C(C)(C)[C@H]2CC[C@]1(C)C2. The van der Waals surface area contributed by atoms with E-state index in [0.717, 1.165) is 12.5 Å². The molecule has 1 nitrogen and oxygen atoms in total. The van der Waals surface area contributed by atoms with Crippen LogP contribution in [-0.2, 0) is 6.54 Å². The number of fused-ring (bicyclic) bond motifs is 2. The van der Waals surface area contributed by atoms with Gasteiger partial charge in [0.05, 0.1) is 0 Å². The van der Waals surface area contributed by atoms with Crippen molar-refractivity contribution < 1.29 is 0 Å². The molecule has 2 saturated carbocycles. The van der Waals surface area contributed by atoms with Gasteiger partial charge in [0, 0.05) is 12.6 Å². The van der Waals surface area contributed by atoms with Crippen molar-refractivity contribution in [2.24, 2.45) is 16.7 Å². The lowest BCUT2D eigenvalue weighted by Crippen LogP contribution is -2.49. The minimum atomic E-state index is 0.454. The highest BCUT2D eigenvalue weighted by atomic mass is 15.0. The summed E-state index contributed by atoms with van der Waals surface area (Å²) in [6.45, 7) is 10.7. The van der Waals surface area contributed by atoms with E-state index in [-0.39, 0.29) is 0 Å². The Hall–Kier alpha value is -0.820. The van der Waals surface area contributed by atoms with Crippen LogP contribution in [0.1, 0.15) is 51.2 Å². The minimum Gasteiger partial charge on any atom is -0.309 e. The largest absolute Gasteiger partial charge is 0.309 e. The lowest BCUT2D eigenvalue weighted by Gasteiger charge is -2.43. The molecule has 0 heterocycles. The van der Waals surface area contributed by atoms with Crippen molar-refractivity contribution in [3.05, 3.63) is 35.4 Å². The molecular weight excluding hydrogens is 230 g/mol. The molecule has 3 atom stereocenters. The van der Waals surface area contributed by atoms with Crippen LogP contribution in [0.25, 0.3) is 0 Å². The van der Waals surface area contributed by atoms with Crippen LogP contribution in [0.15, 0.2) is 24.3 Å². The first-order valence-corrected chi connectivity index (χ1v) is 7.71. The lowest BCUT2D eigenvalue weighted by molar-refractivity contribution is 0.108. The summed E-state index contributed by atoms with van der Waals surface area (Å²) in [5, 5.41) is 3.90. The molecule has 0 spiro atoms. The molecular formula is C18H27N. The number of nitrogens with one attached hydrogen (secondary N) is 1.